The van der Waals surface area contributed by atoms with Gasteiger partial charge in [-0.3, -0.25) is 0 Å². The van der Waals surface area contributed by atoms with E-state index in [-0.39, 0.29) is 6.10 Å². The number of aryl methyl sites for hydroxylation is 1. The van der Waals surface area contributed by atoms with E-state index in [9.17, 15) is 5.11 Å². The minimum Gasteiger partial charge on any atom is -0.493 e. The second-order valence-corrected chi connectivity index (χ2v) is 4.19. The van der Waals surface area contributed by atoms with Crippen LogP contribution in [-0.4, -0.2) is 24.4 Å². The van der Waals surface area contributed by atoms with Crippen molar-refractivity contribution in [2.24, 2.45) is 5.73 Å². The van der Waals surface area contributed by atoms with E-state index in [1.807, 2.05) is 25.1 Å². The maximum atomic E-state index is 9.44. The van der Waals surface area contributed by atoms with Gasteiger partial charge in [0.15, 0.2) is 0 Å². The van der Waals surface area contributed by atoms with E-state index >= 15 is 0 Å². The molecule has 0 saturated heterocycles. The summed E-state index contributed by atoms with van der Waals surface area (Å²) in [6.45, 7) is 2.92. The summed E-state index contributed by atoms with van der Waals surface area (Å²) in [5.74, 6) is 0.779. The minimum absolute atomic E-state index is 0.376. The van der Waals surface area contributed by atoms with E-state index in [0.29, 0.717) is 26.0 Å². The van der Waals surface area contributed by atoms with Crippen LogP contribution in [0, 0.1) is 6.92 Å². The normalized spacial score (nSPS) is 12.5. The lowest BCUT2D eigenvalue weighted by atomic mass is 10.2. The van der Waals surface area contributed by atoms with Crippen LogP contribution < -0.4 is 10.5 Å². The predicted molar refractivity (Wildman–Crippen MR) is 66.0 cm³/mol. The van der Waals surface area contributed by atoms with Crippen LogP contribution in [0.2, 0.25) is 5.02 Å². The highest BCUT2D eigenvalue weighted by Gasteiger charge is 2.03. The summed E-state index contributed by atoms with van der Waals surface area (Å²) in [6, 6.07) is 5.52. The highest BCUT2D eigenvalue weighted by atomic mass is 35.5. The molecular formula is C12H18ClNO2. The molecular weight excluding hydrogens is 226 g/mol. The van der Waals surface area contributed by atoms with Gasteiger partial charge in [0.1, 0.15) is 5.75 Å². The van der Waals surface area contributed by atoms with Crippen molar-refractivity contribution < 1.29 is 9.84 Å². The number of hydrogen-bond acceptors (Lipinski definition) is 3. The van der Waals surface area contributed by atoms with Crippen molar-refractivity contribution in [1.82, 2.24) is 0 Å². The second kappa shape index (κ2) is 6.74. The molecule has 4 heteroatoms. The Kier molecular flexibility index (Phi) is 5.60. The zero-order valence-electron chi connectivity index (χ0n) is 9.45. The van der Waals surface area contributed by atoms with Gasteiger partial charge >= 0.3 is 0 Å². The first-order chi connectivity index (χ1) is 7.63. The molecule has 3 nitrogen and oxygen atoms in total. The molecule has 0 amide bonds. The van der Waals surface area contributed by atoms with Gasteiger partial charge in [-0.25, -0.2) is 0 Å². The molecule has 0 saturated carbocycles. The molecule has 1 rings (SSSR count). The molecule has 16 heavy (non-hydrogen) atoms. The van der Waals surface area contributed by atoms with Crippen LogP contribution in [0.15, 0.2) is 18.2 Å². The Morgan fingerprint density at radius 3 is 2.81 bits per heavy atom. The van der Waals surface area contributed by atoms with Crippen LogP contribution in [0.5, 0.6) is 5.75 Å². The number of halogens is 1. The maximum absolute atomic E-state index is 9.44. The van der Waals surface area contributed by atoms with Gasteiger partial charge in [-0.05, 0) is 43.7 Å². The van der Waals surface area contributed by atoms with E-state index in [0.717, 1.165) is 16.3 Å². The van der Waals surface area contributed by atoms with E-state index < -0.39 is 0 Å². The highest BCUT2D eigenvalue weighted by Crippen LogP contribution is 2.21. The molecule has 0 aliphatic carbocycles. The van der Waals surface area contributed by atoms with Crippen LogP contribution in [0.25, 0.3) is 0 Å². The van der Waals surface area contributed by atoms with Crippen molar-refractivity contribution >= 4 is 11.6 Å². The molecule has 0 spiro atoms. The van der Waals surface area contributed by atoms with Gasteiger partial charge in [0.05, 0.1) is 12.7 Å². The maximum Gasteiger partial charge on any atom is 0.119 e. The van der Waals surface area contributed by atoms with Gasteiger partial charge in [0, 0.05) is 11.4 Å². The third kappa shape index (κ3) is 4.39. The van der Waals surface area contributed by atoms with Gasteiger partial charge < -0.3 is 15.6 Å². The minimum atomic E-state index is -0.376. The number of hydrogen-bond donors (Lipinski definition) is 2. The predicted octanol–water partition coefficient (Wildman–Crippen LogP) is 2.13. The van der Waals surface area contributed by atoms with Crippen LogP contribution in [0.4, 0.5) is 0 Å². The third-order valence-electron chi connectivity index (χ3n) is 2.35. The smallest absolute Gasteiger partial charge is 0.119 e. The number of aliphatic hydroxyl groups is 1. The first kappa shape index (κ1) is 13.3. The summed E-state index contributed by atoms with van der Waals surface area (Å²) in [5.41, 5.74) is 6.32. The largest absolute Gasteiger partial charge is 0.493 e. The molecule has 0 radical (unpaired) electrons. The van der Waals surface area contributed by atoms with Crippen molar-refractivity contribution in [3.8, 4) is 5.75 Å². The number of benzene rings is 1. The lowest BCUT2D eigenvalue weighted by molar-refractivity contribution is 0.133. The monoisotopic (exact) mass is 243 g/mol. The zero-order chi connectivity index (χ0) is 12.0. The Morgan fingerprint density at radius 2 is 2.19 bits per heavy atom. The van der Waals surface area contributed by atoms with Gasteiger partial charge in [0.25, 0.3) is 0 Å². The molecule has 0 fully saturated rings. The third-order valence-corrected chi connectivity index (χ3v) is 2.77. The summed E-state index contributed by atoms with van der Waals surface area (Å²) in [6.07, 6.45) is 0.834. The van der Waals surface area contributed by atoms with E-state index in [1.165, 1.54) is 0 Å². The lowest BCUT2D eigenvalue weighted by Gasteiger charge is -2.11. The molecule has 0 bridgehead atoms. The SMILES string of the molecule is Cc1cc(OCCC(O)CCN)ccc1Cl. The van der Waals surface area contributed by atoms with Crippen LogP contribution in [0.1, 0.15) is 18.4 Å². The molecule has 0 heterocycles. The number of nitrogens with two attached hydrogens (primary N) is 1. The van der Waals surface area contributed by atoms with Crippen molar-refractivity contribution in [3.63, 3.8) is 0 Å². The Morgan fingerprint density at radius 1 is 1.44 bits per heavy atom. The standard InChI is InChI=1S/C12H18ClNO2/c1-9-8-11(2-3-12(9)13)16-7-5-10(15)4-6-14/h2-3,8,10,15H,4-7,14H2,1H3. The van der Waals surface area contributed by atoms with E-state index in [2.05, 4.69) is 0 Å². The van der Waals surface area contributed by atoms with Gasteiger partial charge in [-0.1, -0.05) is 11.6 Å². The molecule has 0 aromatic heterocycles. The topological polar surface area (TPSA) is 55.5 Å². The number of ether oxygens (including phenoxy) is 1. The Labute approximate surface area is 101 Å². The van der Waals surface area contributed by atoms with Gasteiger partial charge in [-0.15, -0.1) is 0 Å². The molecule has 0 aliphatic rings. The number of aliphatic hydroxyl groups excluding tert-OH is 1. The van der Waals surface area contributed by atoms with Crippen molar-refractivity contribution in [3.05, 3.63) is 28.8 Å². The first-order valence-corrected chi connectivity index (χ1v) is 5.78. The van der Waals surface area contributed by atoms with Crippen molar-refractivity contribution in [2.75, 3.05) is 13.2 Å². The van der Waals surface area contributed by atoms with Gasteiger partial charge in [0.2, 0.25) is 0 Å². The van der Waals surface area contributed by atoms with E-state index in [4.69, 9.17) is 22.1 Å². The van der Waals surface area contributed by atoms with Crippen LogP contribution >= 0.6 is 11.6 Å². The average molecular weight is 244 g/mol. The summed E-state index contributed by atoms with van der Waals surface area (Å²) >= 11 is 5.90. The molecule has 1 aromatic carbocycles. The summed E-state index contributed by atoms with van der Waals surface area (Å²) < 4.78 is 5.50. The van der Waals surface area contributed by atoms with Crippen LogP contribution in [-0.2, 0) is 0 Å². The highest BCUT2D eigenvalue weighted by molar-refractivity contribution is 6.31. The fourth-order valence-corrected chi connectivity index (χ4v) is 1.47. The molecule has 1 unspecified atom stereocenters. The van der Waals surface area contributed by atoms with Gasteiger partial charge in [-0.2, -0.15) is 0 Å². The van der Waals surface area contributed by atoms with Crippen molar-refractivity contribution in [1.29, 1.82) is 0 Å². The Balaban J connectivity index is 2.34. The summed E-state index contributed by atoms with van der Waals surface area (Å²) in [5, 5.41) is 10.2. The molecule has 1 aromatic rings. The molecule has 0 aliphatic heterocycles. The Bertz CT molecular complexity index is 331. The molecule has 90 valence electrons. The first-order valence-electron chi connectivity index (χ1n) is 5.40. The summed E-state index contributed by atoms with van der Waals surface area (Å²) in [7, 11) is 0. The number of rotatable bonds is 6. The lowest BCUT2D eigenvalue weighted by Crippen LogP contribution is -2.16. The fourth-order valence-electron chi connectivity index (χ4n) is 1.36. The molecule has 1 atom stereocenters. The quantitative estimate of drug-likeness (QED) is 0.805. The van der Waals surface area contributed by atoms with E-state index in [1.54, 1.807) is 0 Å². The second-order valence-electron chi connectivity index (χ2n) is 3.78. The average Bonchev–Trinajstić information content (AvgIpc) is 2.24. The Hall–Kier alpha value is -0.770. The fraction of sp³-hybridized carbons (Fsp3) is 0.500. The zero-order valence-corrected chi connectivity index (χ0v) is 10.2. The van der Waals surface area contributed by atoms with Crippen LogP contribution in [0.3, 0.4) is 0 Å². The van der Waals surface area contributed by atoms with Crippen molar-refractivity contribution in [2.45, 2.75) is 25.9 Å². The molecule has 3 N–H and O–H groups in total. The summed E-state index contributed by atoms with van der Waals surface area (Å²) in [4.78, 5) is 0.